The van der Waals surface area contributed by atoms with Gasteiger partial charge in [0, 0.05) is 6.42 Å². The number of fused-ring (bicyclic) bond motifs is 9. The average Bonchev–Trinajstić information content (AvgIpc) is 3.06. The highest BCUT2D eigenvalue weighted by Crippen LogP contribution is 2.67. The summed E-state index contributed by atoms with van der Waals surface area (Å²) in [5, 5.41) is 0. The van der Waals surface area contributed by atoms with Gasteiger partial charge in [-0.15, -0.1) is 0 Å². The van der Waals surface area contributed by atoms with Gasteiger partial charge in [-0.25, -0.2) is 0 Å². The molecule has 7 atom stereocenters. The van der Waals surface area contributed by atoms with Crippen molar-refractivity contribution < 1.29 is 9.53 Å². The third-order valence-corrected chi connectivity index (χ3v) is 6.24. The van der Waals surface area contributed by atoms with Gasteiger partial charge in [-0.2, -0.15) is 0 Å². The van der Waals surface area contributed by atoms with Gasteiger partial charge < -0.3 is 4.74 Å². The number of hydrogen-bond acceptors (Lipinski definition) is 2. The molecule has 4 bridgehead atoms. The minimum Gasteiger partial charge on any atom is -0.462 e. The average molecular weight is 234 g/mol. The first-order valence-electron chi connectivity index (χ1n) is 7.47. The van der Waals surface area contributed by atoms with E-state index in [1.54, 1.807) is 0 Å². The molecule has 0 aliphatic heterocycles. The van der Waals surface area contributed by atoms with Gasteiger partial charge in [0.05, 0.1) is 0 Å². The minimum absolute atomic E-state index is 0.0160. The number of esters is 1. The van der Waals surface area contributed by atoms with E-state index in [1.807, 2.05) is 6.92 Å². The molecule has 4 rings (SSSR count). The first-order valence-corrected chi connectivity index (χ1v) is 7.47. The first-order chi connectivity index (χ1) is 8.28. The lowest BCUT2D eigenvalue weighted by Gasteiger charge is -2.38. The van der Waals surface area contributed by atoms with Crippen LogP contribution >= 0.6 is 0 Å². The van der Waals surface area contributed by atoms with E-state index in [-0.39, 0.29) is 12.1 Å². The fraction of sp³-hybridized carbons (Fsp3) is 0.933. The third kappa shape index (κ3) is 1.30. The molecule has 0 heterocycles. The molecule has 4 aliphatic rings. The highest BCUT2D eigenvalue weighted by atomic mass is 16.5. The van der Waals surface area contributed by atoms with Gasteiger partial charge in [0.15, 0.2) is 0 Å². The second kappa shape index (κ2) is 3.49. The monoisotopic (exact) mass is 234 g/mol. The van der Waals surface area contributed by atoms with Gasteiger partial charge in [-0.1, -0.05) is 6.92 Å². The van der Waals surface area contributed by atoms with Gasteiger partial charge in [0.1, 0.15) is 6.10 Å². The van der Waals surface area contributed by atoms with Crippen molar-refractivity contribution in [3.8, 4) is 0 Å². The highest BCUT2D eigenvalue weighted by molar-refractivity contribution is 5.69. The third-order valence-electron chi connectivity index (χ3n) is 6.24. The van der Waals surface area contributed by atoms with Crippen LogP contribution in [0.4, 0.5) is 0 Å². The largest absolute Gasteiger partial charge is 0.462 e. The molecule has 94 valence electrons. The summed E-state index contributed by atoms with van der Waals surface area (Å²) < 4.78 is 5.67. The van der Waals surface area contributed by atoms with E-state index in [0.29, 0.717) is 6.42 Å². The van der Waals surface area contributed by atoms with E-state index in [9.17, 15) is 4.79 Å². The maximum atomic E-state index is 11.5. The van der Waals surface area contributed by atoms with Crippen LogP contribution in [-0.2, 0) is 9.53 Å². The van der Waals surface area contributed by atoms with Crippen molar-refractivity contribution in [2.24, 2.45) is 35.5 Å². The molecule has 4 saturated carbocycles. The Morgan fingerprint density at radius 2 is 1.82 bits per heavy atom. The van der Waals surface area contributed by atoms with E-state index in [2.05, 4.69) is 0 Å². The van der Waals surface area contributed by atoms with Crippen LogP contribution in [0.5, 0.6) is 0 Å². The number of carbonyl (C=O) groups excluding carboxylic acids is 1. The molecule has 0 saturated heterocycles. The molecular formula is C15H22O2. The Balaban J connectivity index is 1.53. The van der Waals surface area contributed by atoms with Crippen molar-refractivity contribution in [1.29, 1.82) is 0 Å². The topological polar surface area (TPSA) is 26.3 Å². The Bertz CT molecular complexity index is 351. The molecule has 17 heavy (non-hydrogen) atoms. The Labute approximate surface area is 103 Å². The summed E-state index contributed by atoms with van der Waals surface area (Å²) >= 11 is 0. The van der Waals surface area contributed by atoms with Crippen molar-refractivity contribution in [1.82, 2.24) is 0 Å². The summed E-state index contributed by atoms with van der Waals surface area (Å²) in [7, 11) is 0. The Morgan fingerprint density at radius 3 is 2.59 bits per heavy atom. The summed E-state index contributed by atoms with van der Waals surface area (Å²) in [6.07, 6.45) is 7.82. The molecule has 0 spiro atoms. The summed E-state index contributed by atoms with van der Waals surface area (Å²) in [4.78, 5) is 11.5. The Kier molecular flexibility index (Phi) is 2.13. The molecule has 2 nitrogen and oxygen atoms in total. The maximum Gasteiger partial charge on any atom is 0.305 e. The van der Waals surface area contributed by atoms with Gasteiger partial charge in [0.25, 0.3) is 0 Å². The summed E-state index contributed by atoms with van der Waals surface area (Å²) in [6, 6.07) is 0. The smallest absolute Gasteiger partial charge is 0.305 e. The van der Waals surface area contributed by atoms with Crippen LogP contribution in [0.15, 0.2) is 0 Å². The van der Waals surface area contributed by atoms with Crippen molar-refractivity contribution in [3.63, 3.8) is 0 Å². The quantitative estimate of drug-likeness (QED) is 0.542. The number of ether oxygens (including phenoxy) is 1. The summed E-state index contributed by atoms with van der Waals surface area (Å²) in [5.41, 5.74) is 0. The summed E-state index contributed by atoms with van der Waals surface area (Å²) in [5.74, 6) is 5.64. The SMILES string of the molecule is CCC(=O)OC1CC2CC1C1C3CCC(C3)C21. The zero-order valence-corrected chi connectivity index (χ0v) is 10.6. The van der Waals surface area contributed by atoms with E-state index in [1.165, 1.54) is 32.1 Å². The van der Waals surface area contributed by atoms with Gasteiger partial charge in [-0.3, -0.25) is 4.79 Å². The van der Waals surface area contributed by atoms with Crippen LogP contribution in [0.2, 0.25) is 0 Å². The molecule has 2 heteroatoms. The Morgan fingerprint density at radius 1 is 1.06 bits per heavy atom. The maximum absolute atomic E-state index is 11.5. The second-order valence-corrected chi connectivity index (χ2v) is 6.77. The zero-order valence-electron chi connectivity index (χ0n) is 10.6. The summed E-state index contributed by atoms with van der Waals surface area (Å²) in [6.45, 7) is 1.90. The van der Waals surface area contributed by atoms with E-state index in [0.717, 1.165) is 35.5 Å². The molecule has 0 aromatic heterocycles. The van der Waals surface area contributed by atoms with Crippen molar-refractivity contribution in [3.05, 3.63) is 0 Å². The molecule has 7 unspecified atom stereocenters. The minimum atomic E-state index is 0.0160. The predicted molar refractivity (Wildman–Crippen MR) is 64.2 cm³/mol. The van der Waals surface area contributed by atoms with E-state index < -0.39 is 0 Å². The number of rotatable bonds is 2. The second-order valence-electron chi connectivity index (χ2n) is 6.77. The van der Waals surface area contributed by atoms with E-state index >= 15 is 0 Å². The van der Waals surface area contributed by atoms with Crippen molar-refractivity contribution in [2.45, 2.75) is 51.6 Å². The van der Waals surface area contributed by atoms with Gasteiger partial charge >= 0.3 is 5.97 Å². The molecular weight excluding hydrogens is 212 g/mol. The fourth-order valence-corrected chi connectivity index (χ4v) is 5.89. The van der Waals surface area contributed by atoms with Crippen LogP contribution in [0.25, 0.3) is 0 Å². The molecule has 0 amide bonds. The molecule has 4 aliphatic carbocycles. The molecule has 0 N–H and O–H groups in total. The van der Waals surface area contributed by atoms with E-state index in [4.69, 9.17) is 4.74 Å². The molecule has 0 aromatic rings. The van der Waals surface area contributed by atoms with Crippen LogP contribution in [0, 0.1) is 35.5 Å². The number of hydrogen-bond donors (Lipinski definition) is 0. The van der Waals surface area contributed by atoms with Crippen LogP contribution in [0.3, 0.4) is 0 Å². The molecule has 0 aromatic carbocycles. The molecule has 0 radical (unpaired) electrons. The molecule has 4 fully saturated rings. The van der Waals surface area contributed by atoms with Crippen LogP contribution in [0.1, 0.15) is 45.4 Å². The first kappa shape index (κ1) is 10.4. The fourth-order valence-electron chi connectivity index (χ4n) is 5.89. The zero-order chi connectivity index (χ0) is 11.6. The normalized spacial score (nSPS) is 54.1. The lowest BCUT2D eigenvalue weighted by molar-refractivity contribution is -0.153. The lowest BCUT2D eigenvalue weighted by Crippen LogP contribution is -2.37. The highest BCUT2D eigenvalue weighted by Gasteiger charge is 2.63. The Hall–Kier alpha value is -0.530. The van der Waals surface area contributed by atoms with Crippen molar-refractivity contribution >= 4 is 5.97 Å². The number of carbonyl (C=O) groups is 1. The van der Waals surface area contributed by atoms with Crippen LogP contribution in [-0.4, -0.2) is 12.1 Å². The van der Waals surface area contributed by atoms with Crippen molar-refractivity contribution in [2.75, 3.05) is 0 Å². The van der Waals surface area contributed by atoms with Gasteiger partial charge in [0.2, 0.25) is 0 Å². The predicted octanol–water partition coefficient (Wildman–Crippen LogP) is 3.01. The van der Waals surface area contributed by atoms with Gasteiger partial charge in [-0.05, 0) is 67.6 Å². The standard InChI is InChI=1S/C15H22O2/c1-2-13(16)17-12-7-10-6-11(12)15-9-4-3-8(5-9)14(10)15/h8-12,14-15H,2-7H2,1H3. The lowest BCUT2D eigenvalue weighted by atomic mass is 9.70. The van der Waals surface area contributed by atoms with Crippen LogP contribution < -0.4 is 0 Å².